The van der Waals surface area contributed by atoms with Crippen molar-refractivity contribution in [2.75, 3.05) is 13.1 Å². The molecule has 2 rings (SSSR count). The Morgan fingerprint density at radius 1 is 1.15 bits per heavy atom. The van der Waals surface area contributed by atoms with Crippen LogP contribution in [0.25, 0.3) is 0 Å². The van der Waals surface area contributed by atoms with Crippen molar-refractivity contribution < 1.29 is 14.9 Å². The zero-order valence-electron chi connectivity index (χ0n) is 15.6. The maximum absolute atomic E-state index is 12.1. The Balaban J connectivity index is 1.90. The average Bonchev–Trinajstić information content (AvgIpc) is 3.10. The number of nitrogens with two attached hydrogens (primary N) is 1. The van der Waals surface area contributed by atoms with Gasteiger partial charge in [-0.15, -0.1) is 11.3 Å². The fourth-order valence-electron chi connectivity index (χ4n) is 2.58. The molecular formula is C20H28N3O2S+. The number of thiophene rings is 1. The summed E-state index contributed by atoms with van der Waals surface area (Å²) in [6.07, 6.45) is 0.890. The first-order chi connectivity index (χ1) is 12.5. The van der Waals surface area contributed by atoms with Gasteiger partial charge in [-0.3, -0.25) is 10.1 Å². The van der Waals surface area contributed by atoms with Gasteiger partial charge in [0.15, 0.2) is 6.54 Å². The van der Waals surface area contributed by atoms with Gasteiger partial charge in [0.25, 0.3) is 5.91 Å². The van der Waals surface area contributed by atoms with Crippen LogP contribution < -0.4 is 16.0 Å². The SMILES string of the molecule is Cc1ccc([C@@H]([NH2+]CC(=O)NC(=O)NCCC(C)C)c2cccs2)cc1. The summed E-state index contributed by atoms with van der Waals surface area (Å²) < 4.78 is 0. The van der Waals surface area contributed by atoms with Crippen LogP contribution in [-0.2, 0) is 4.79 Å². The lowest BCUT2D eigenvalue weighted by Crippen LogP contribution is -2.87. The first kappa shape index (κ1) is 20.1. The van der Waals surface area contributed by atoms with Crippen LogP contribution in [0.2, 0.25) is 0 Å². The molecule has 0 fully saturated rings. The molecule has 1 atom stereocenters. The lowest BCUT2D eigenvalue weighted by molar-refractivity contribution is -0.676. The van der Waals surface area contributed by atoms with Crippen LogP contribution in [-0.4, -0.2) is 25.0 Å². The summed E-state index contributed by atoms with van der Waals surface area (Å²) in [6, 6.07) is 12.0. The Bertz CT molecular complexity index is 696. The van der Waals surface area contributed by atoms with Crippen molar-refractivity contribution in [2.45, 2.75) is 33.2 Å². The molecule has 0 aliphatic carbocycles. The highest BCUT2D eigenvalue weighted by Gasteiger charge is 2.20. The molecule has 1 aromatic heterocycles. The molecule has 1 aromatic carbocycles. The van der Waals surface area contributed by atoms with E-state index in [2.05, 4.69) is 61.7 Å². The van der Waals surface area contributed by atoms with E-state index in [1.54, 1.807) is 11.3 Å². The normalized spacial score (nSPS) is 12.0. The van der Waals surface area contributed by atoms with Gasteiger partial charge in [0.1, 0.15) is 6.04 Å². The third-order valence-electron chi connectivity index (χ3n) is 4.09. The maximum Gasteiger partial charge on any atom is 0.321 e. The fraction of sp³-hybridized carbons (Fsp3) is 0.400. The zero-order chi connectivity index (χ0) is 18.9. The molecule has 140 valence electrons. The second-order valence-electron chi connectivity index (χ2n) is 6.83. The van der Waals surface area contributed by atoms with Crippen molar-refractivity contribution >= 4 is 23.3 Å². The quantitative estimate of drug-likeness (QED) is 0.664. The summed E-state index contributed by atoms with van der Waals surface area (Å²) in [7, 11) is 0. The van der Waals surface area contributed by atoms with E-state index >= 15 is 0 Å². The summed E-state index contributed by atoms with van der Waals surface area (Å²) in [4.78, 5) is 25.1. The fourth-order valence-corrected chi connectivity index (χ4v) is 3.43. The number of aryl methyl sites for hydroxylation is 1. The van der Waals surface area contributed by atoms with Crippen molar-refractivity contribution in [3.8, 4) is 0 Å². The van der Waals surface area contributed by atoms with E-state index in [1.807, 2.05) is 16.8 Å². The third kappa shape index (κ3) is 6.61. The summed E-state index contributed by atoms with van der Waals surface area (Å²) in [5, 5.41) is 9.11. The Kier molecular flexibility index (Phi) is 7.81. The summed E-state index contributed by atoms with van der Waals surface area (Å²) in [5.74, 6) is 0.223. The molecule has 0 saturated carbocycles. The molecule has 2 aromatic rings. The standard InChI is InChI=1S/C20H27N3O2S/c1-14(2)10-11-21-20(25)23-18(24)13-22-19(17-5-4-12-26-17)16-8-6-15(3)7-9-16/h4-9,12,14,19,22H,10-11,13H2,1-3H3,(H2,21,23,24,25)/p+1/t19-/m1/s1. The van der Waals surface area contributed by atoms with Gasteiger partial charge in [0, 0.05) is 12.1 Å². The van der Waals surface area contributed by atoms with Crippen LogP contribution in [0.15, 0.2) is 41.8 Å². The number of carbonyl (C=O) groups is 2. The second-order valence-corrected chi connectivity index (χ2v) is 7.81. The van der Waals surface area contributed by atoms with Crippen molar-refractivity contribution in [1.29, 1.82) is 0 Å². The minimum Gasteiger partial charge on any atom is -0.338 e. The molecule has 0 saturated heterocycles. The minimum atomic E-state index is -0.424. The summed E-state index contributed by atoms with van der Waals surface area (Å²) in [6.45, 7) is 7.00. The zero-order valence-corrected chi connectivity index (χ0v) is 16.4. The van der Waals surface area contributed by atoms with Gasteiger partial charge in [0.2, 0.25) is 0 Å². The van der Waals surface area contributed by atoms with Crippen LogP contribution in [0.3, 0.4) is 0 Å². The number of hydrogen-bond donors (Lipinski definition) is 3. The van der Waals surface area contributed by atoms with E-state index in [0.717, 1.165) is 12.0 Å². The third-order valence-corrected chi connectivity index (χ3v) is 5.04. The largest absolute Gasteiger partial charge is 0.338 e. The molecular weight excluding hydrogens is 346 g/mol. The van der Waals surface area contributed by atoms with Gasteiger partial charge < -0.3 is 10.6 Å². The van der Waals surface area contributed by atoms with Gasteiger partial charge in [-0.05, 0) is 30.7 Å². The van der Waals surface area contributed by atoms with E-state index < -0.39 is 6.03 Å². The number of benzene rings is 1. The van der Waals surface area contributed by atoms with Gasteiger partial charge in [0.05, 0.1) is 4.88 Å². The molecule has 0 unspecified atom stereocenters. The van der Waals surface area contributed by atoms with E-state index in [4.69, 9.17) is 0 Å². The predicted octanol–water partition coefficient (Wildman–Crippen LogP) is 2.58. The van der Waals surface area contributed by atoms with E-state index in [1.165, 1.54) is 10.4 Å². The number of rotatable bonds is 8. The predicted molar refractivity (Wildman–Crippen MR) is 105 cm³/mol. The maximum atomic E-state index is 12.1. The van der Waals surface area contributed by atoms with Gasteiger partial charge in [-0.2, -0.15) is 0 Å². The molecule has 5 nitrogen and oxygen atoms in total. The Morgan fingerprint density at radius 3 is 2.50 bits per heavy atom. The number of imide groups is 1. The molecule has 6 heteroatoms. The first-order valence-electron chi connectivity index (χ1n) is 8.96. The number of carbonyl (C=O) groups excluding carboxylic acids is 2. The topological polar surface area (TPSA) is 74.8 Å². The Hall–Kier alpha value is -2.18. The van der Waals surface area contributed by atoms with Crippen molar-refractivity contribution in [3.05, 3.63) is 57.8 Å². The lowest BCUT2D eigenvalue weighted by atomic mass is 10.0. The number of amides is 3. The van der Waals surface area contributed by atoms with Crippen LogP contribution in [0, 0.1) is 12.8 Å². The highest BCUT2D eigenvalue weighted by Crippen LogP contribution is 2.22. The van der Waals surface area contributed by atoms with Gasteiger partial charge >= 0.3 is 6.03 Å². The van der Waals surface area contributed by atoms with Crippen molar-refractivity contribution in [1.82, 2.24) is 10.6 Å². The van der Waals surface area contributed by atoms with E-state index in [9.17, 15) is 9.59 Å². The molecule has 0 radical (unpaired) electrons. The van der Waals surface area contributed by atoms with Crippen LogP contribution in [0.1, 0.15) is 42.3 Å². The molecule has 0 spiro atoms. The van der Waals surface area contributed by atoms with E-state index in [0.29, 0.717) is 12.5 Å². The monoisotopic (exact) mass is 374 g/mol. The molecule has 0 aliphatic heterocycles. The summed E-state index contributed by atoms with van der Waals surface area (Å²) >= 11 is 1.67. The molecule has 0 bridgehead atoms. The molecule has 4 N–H and O–H groups in total. The molecule has 26 heavy (non-hydrogen) atoms. The number of quaternary nitrogens is 1. The lowest BCUT2D eigenvalue weighted by Gasteiger charge is -2.15. The van der Waals surface area contributed by atoms with Crippen LogP contribution >= 0.6 is 11.3 Å². The number of hydrogen-bond acceptors (Lipinski definition) is 3. The molecule has 0 aliphatic rings. The Morgan fingerprint density at radius 2 is 1.88 bits per heavy atom. The molecule has 1 heterocycles. The van der Waals surface area contributed by atoms with Crippen LogP contribution in [0.4, 0.5) is 4.79 Å². The van der Waals surface area contributed by atoms with Crippen LogP contribution in [0.5, 0.6) is 0 Å². The number of nitrogens with one attached hydrogen (secondary N) is 2. The molecule has 3 amide bonds. The second kappa shape index (κ2) is 10.1. The highest BCUT2D eigenvalue weighted by atomic mass is 32.1. The van der Waals surface area contributed by atoms with Gasteiger partial charge in [-0.25, -0.2) is 4.79 Å². The summed E-state index contributed by atoms with van der Waals surface area (Å²) in [5.41, 5.74) is 2.35. The number of urea groups is 1. The van der Waals surface area contributed by atoms with E-state index in [-0.39, 0.29) is 18.5 Å². The smallest absolute Gasteiger partial charge is 0.321 e. The Labute approximate surface area is 159 Å². The highest BCUT2D eigenvalue weighted by molar-refractivity contribution is 7.10. The van der Waals surface area contributed by atoms with Gasteiger partial charge in [-0.1, -0.05) is 49.7 Å². The average molecular weight is 375 g/mol. The van der Waals surface area contributed by atoms with Crippen molar-refractivity contribution in [2.24, 2.45) is 5.92 Å². The first-order valence-corrected chi connectivity index (χ1v) is 9.84. The minimum absolute atomic E-state index is 0.0466. The van der Waals surface area contributed by atoms with Crippen molar-refractivity contribution in [3.63, 3.8) is 0 Å².